The number of aromatic nitrogens is 1. The Balaban J connectivity index is 1.51. The molecule has 35 heavy (non-hydrogen) atoms. The van der Waals surface area contributed by atoms with E-state index in [1.165, 1.54) is 14.9 Å². The molecule has 1 aliphatic rings. The predicted molar refractivity (Wildman–Crippen MR) is 135 cm³/mol. The fraction of sp³-hybridized carbons (Fsp3) is 0.261. The number of hydrogen-bond acceptors (Lipinski definition) is 6. The zero-order valence-corrected chi connectivity index (χ0v) is 21.1. The smallest absolute Gasteiger partial charge is 0.261 e. The van der Waals surface area contributed by atoms with Crippen molar-refractivity contribution in [2.24, 2.45) is 0 Å². The van der Waals surface area contributed by atoms with E-state index < -0.39 is 28.0 Å². The van der Waals surface area contributed by atoms with Gasteiger partial charge in [0.15, 0.2) is 0 Å². The molecule has 0 aliphatic carbocycles. The molecule has 9 nitrogen and oxygen atoms in total. The molecule has 1 unspecified atom stereocenters. The maximum Gasteiger partial charge on any atom is 0.261 e. The highest BCUT2D eigenvalue weighted by atomic mass is 35.5. The van der Waals surface area contributed by atoms with E-state index in [2.05, 4.69) is 10.6 Å². The Morgan fingerprint density at radius 1 is 1.00 bits per heavy atom. The first kappa shape index (κ1) is 25.1. The van der Waals surface area contributed by atoms with Crippen molar-refractivity contribution < 1.29 is 18.0 Å². The van der Waals surface area contributed by atoms with Crippen molar-refractivity contribution in [1.29, 1.82) is 0 Å². The first-order valence-electron chi connectivity index (χ1n) is 10.8. The van der Waals surface area contributed by atoms with Crippen LogP contribution in [0, 0.1) is 0 Å². The summed E-state index contributed by atoms with van der Waals surface area (Å²) < 4.78 is 28.1. The lowest BCUT2D eigenvalue weighted by Gasteiger charge is -2.21. The number of pyridine rings is 1. The second kappa shape index (κ2) is 10.3. The van der Waals surface area contributed by atoms with Gasteiger partial charge in [-0.3, -0.25) is 19.0 Å². The maximum atomic E-state index is 13.0. The molecule has 1 aliphatic heterocycles. The van der Waals surface area contributed by atoms with Gasteiger partial charge in [-0.05, 0) is 49.4 Å². The third-order valence-corrected chi connectivity index (χ3v) is 8.75. The van der Waals surface area contributed by atoms with E-state index >= 15 is 0 Å². The quantitative estimate of drug-likeness (QED) is 0.481. The van der Waals surface area contributed by atoms with E-state index in [0.29, 0.717) is 20.5 Å². The number of benzene rings is 1. The van der Waals surface area contributed by atoms with E-state index in [9.17, 15) is 22.8 Å². The highest BCUT2D eigenvalue weighted by molar-refractivity contribution is 7.89. The SMILES string of the molecule is CCS(=O)(=O)N1CC(NC(=O)c2ccc(-n3ccccc3=O)cc2)[C@H](NC(=O)c2ccc(Cl)s2)C1. The highest BCUT2D eigenvalue weighted by Crippen LogP contribution is 2.22. The topological polar surface area (TPSA) is 118 Å². The minimum Gasteiger partial charge on any atom is -0.346 e. The van der Waals surface area contributed by atoms with Crippen LogP contribution in [-0.4, -0.2) is 60.0 Å². The summed E-state index contributed by atoms with van der Waals surface area (Å²) in [7, 11) is -3.52. The summed E-state index contributed by atoms with van der Waals surface area (Å²) in [5.41, 5.74) is 0.746. The van der Waals surface area contributed by atoms with Crippen molar-refractivity contribution in [1.82, 2.24) is 19.5 Å². The number of amides is 2. The fourth-order valence-electron chi connectivity index (χ4n) is 3.81. The van der Waals surface area contributed by atoms with E-state index in [4.69, 9.17) is 11.6 Å². The molecule has 2 atom stereocenters. The third kappa shape index (κ3) is 5.64. The van der Waals surface area contributed by atoms with Crippen LogP contribution in [0.4, 0.5) is 0 Å². The van der Waals surface area contributed by atoms with Gasteiger partial charge in [0, 0.05) is 36.6 Å². The van der Waals surface area contributed by atoms with Crippen LogP contribution in [0.25, 0.3) is 5.69 Å². The van der Waals surface area contributed by atoms with Crippen molar-refractivity contribution in [3.8, 4) is 5.69 Å². The molecular formula is C23H23ClN4O5S2. The Labute approximate surface area is 211 Å². The third-order valence-electron chi connectivity index (χ3n) is 5.70. The van der Waals surface area contributed by atoms with E-state index in [1.54, 1.807) is 61.7 Å². The maximum absolute atomic E-state index is 13.0. The van der Waals surface area contributed by atoms with Crippen LogP contribution in [0.5, 0.6) is 0 Å². The molecule has 3 heterocycles. The molecule has 2 aromatic heterocycles. The number of thiophene rings is 1. The van der Waals surface area contributed by atoms with Crippen LogP contribution < -0.4 is 16.2 Å². The molecule has 0 spiro atoms. The van der Waals surface area contributed by atoms with Crippen LogP contribution in [0.2, 0.25) is 4.34 Å². The summed E-state index contributed by atoms with van der Waals surface area (Å²) in [5, 5.41) is 5.69. The Kier molecular flexibility index (Phi) is 7.41. The molecule has 2 amide bonds. The number of carbonyl (C=O) groups excluding carboxylic acids is 2. The number of carbonyl (C=O) groups is 2. The molecule has 184 valence electrons. The number of sulfonamides is 1. The average Bonchev–Trinajstić information content (AvgIpc) is 3.46. The molecule has 2 N–H and O–H groups in total. The van der Waals surface area contributed by atoms with Gasteiger partial charge in [-0.2, -0.15) is 4.31 Å². The van der Waals surface area contributed by atoms with Crippen molar-refractivity contribution in [2.75, 3.05) is 18.8 Å². The van der Waals surface area contributed by atoms with Crippen LogP contribution in [0.1, 0.15) is 27.0 Å². The number of rotatable bonds is 7. The summed E-state index contributed by atoms with van der Waals surface area (Å²) in [6.07, 6.45) is 1.63. The first-order valence-corrected chi connectivity index (χ1v) is 13.6. The lowest BCUT2D eigenvalue weighted by atomic mass is 10.1. The van der Waals surface area contributed by atoms with Gasteiger partial charge in [-0.25, -0.2) is 8.42 Å². The van der Waals surface area contributed by atoms with Crippen LogP contribution in [-0.2, 0) is 10.0 Å². The van der Waals surface area contributed by atoms with E-state index in [1.807, 2.05) is 0 Å². The second-order valence-corrected chi connectivity index (χ2v) is 11.9. The molecule has 3 aromatic rings. The normalized spacial score (nSPS) is 18.3. The summed E-state index contributed by atoms with van der Waals surface area (Å²) in [6.45, 7) is 1.62. The molecular weight excluding hydrogens is 512 g/mol. The largest absolute Gasteiger partial charge is 0.346 e. The molecule has 1 saturated heterocycles. The molecule has 1 fully saturated rings. The monoisotopic (exact) mass is 534 g/mol. The van der Waals surface area contributed by atoms with Crippen LogP contribution >= 0.6 is 22.9 Å². The van der Waals surface area contributed by atoms with Crippen molar-refractivity contribution in [3.63, 3.8) is 0 Å². The Morgan fingerprint density at radius 3 is 2.23 bits per heavy atom. The summed E-state index contributed by atoms with van der Waals surface area (Å²) >= 11 is 7.03. The molecule has 0 saturated carbocycles. The molecule has 0 bridgehead atoms. The molecule has 0 radical (unpaired) electrons. The lowest BCUT2D eigenvalue weighted by molar-refractivity contribution is 0.0898. The van der Waals surface area contributed by atoms with Gasteiger partial charge < -0.3 is 10.6 Å². The highest BCUT2D eigenvalue weighted by Gasteiger charge is 2.40. The lowest BCUT2D eigenvalue weighted by Crippen LogP contribution is -2.50. The average molecular weight is 535 g/mol. The van der Waals surface area contributed by atoms with Gasteiger partial charge in [-0.1, -0.05) is 17.7 Å². The Hall–Kier alpha value is -2.99. The van der Waals surface area contributed by atoms with Gasteiger partial charge in [0.05, 0.1) is 27.1 Å². The Morgan fingerprint density at radius 2 is 1.66 bits per heavy atom. The van der Waals surface area contributed by atoms with Gasteiger partial charge in [0.2, 0.25) is 10.0 Å². The summed E-state index contributed by atoms with van der Waals surface area (Å²) in [6, 6.07) is 13.2. The molecule has 1 aromatic carbocycles. The second-order valence-electron chi connectivity index (χ2n) is 7.94. The standard InChI is InChI=1S/C23H23ClN4O5S2/c1-2-35(32,33)27-13-17(18(14-27)26-23(31)19-10-11-20(24)34-19)25-22(30)15-6-8-16(9-7-15)28-12-4-3-5-21(28)29/h3-12,17-18H,2,13-14H2,1H3,(H,25,30)(H,26,31)/t17?,18-/m1/s1. The molecule has 4 rings (SSSR count). The van der Waals surface area contributed by atoms with Gasteiger partial charge >= 0.3 is 0 Å². The zero-order chi connectivity index (χ0) is 25.2. The zero-order valence-electron chi connectivity index (χ0n) is 18.7. The van der Waals surface area contributed by atoms with Gasteiger partial charge in [0.25, 0.3) is 17.4 Å². The van der Waals surface area contributed by atoms with Crippen molar-refractivity contribution in [3.05, 3.63) is 85.9 Å². The van der Waals surface area contributed by atoms with Crippen LogP contribution in [0.15, 0.2) is 65.6 Å². The summed E-state index contributed by atoms with van der Waals surface area (Å²) in [5.74, 6) is -0.898. The van der Waals surface area contributed by atoms with E-state index in [0.717, 1.165) is 11.3 Å². The van der Waals surface area contributed by atoms with Crippen molar-refractivity contribution >= 4 is 44.8 Å². The molecule has 12 heteroatoms. The first-order chi connectivity index (χ1) is 16.7. The van der Waals surface area contributed by atoms with Gasteiger partial charge in [-0.15, -0.1) is 11.3 Å². The number of nitrogens with one attached hydrogen (secondary N) is 2. The fourth-order valence-corrected chi connectivity index (χ4v) is 5.90. The van der Waals surface area contributed by atoms with Crippen LogP contribution in [0.3, 0.4) is 0 Å². The number of halogens is 1. The van der Waals surface area contributed by atoms with E-state index in [-0.39, 0.29) is 30.3 Å². The van der Waals surface area contributed by atoms with Gasteiger partial charge in [0.1, 0.15) is 0 Å². The Bertz CT molecular complexity index is 1400. The summed E-state index contributed by atoms with van der Waals surface area (Å²) in [4.78, 5) is 38.1. The number of hydrogen-bond donors (Lipinski definition) is 2. The minimum absolute atomic E-state index is 0.0373. The van der Waals surface area contributed by atoms with Crippen molar-refractivity contribution in [2.45, 2.75) is 19.0 Å². The minimum atomic E-state index is -3.52. The predicted octanol–water partition coefficient (Wildman–Crippen LogP) is 2.11. The number of nitrogens with zero attached hydrogens (tertiary/aromatic N) is 2.